The SMILES string of the molecule is Cc1ccnc(SCCC(C)(C)C(=N)N)n1. The highest BCUT2D eigenvalue weighted by Gasteiger charge is 2.21. The number of aromatic nitrogens is 2. The minimum Gasteiger partial charge on any atom is -0.387 e. The van der Waals surface area contributed by atoms with E-state index in [2.05, 4.69) is 9.97 Å². The lowest BCUT2D eigenvalue weighted by atomic mass is 9.89. The van der Waals surface area contributed by atoms with E-state index in [1.54, 1.807) is 18.0 Å². The van der Waals surface area contributed by atoms with E-state index >= 15 is 0 Å². The van der Waals surface area contributed by atoms with Gasteiger partial charge >= 0.3 is 0 Å². The number of nitrogens with zero attached hydrogens (tertiary/aromatic N) is 2. The number of hydrogen-bond donors (Lipinski definition) is 2. The molecule has 0 aliphatic rings. The molecule has 4 nitrogen and oxygen atoms in total. The van der Waals surface area contributed by atoms with Crippen molar-refractivity contribution in [3.8, 4) is 0 Å². The summed E-state index contributed by atoms with van der Waals surface area (Å²) in [5.41, 5.74) is 6.25. The Morgan fingerprint density at radius 1 is 1.56 bits per heavy atom. The Bertz CT molecular complexity index is 376. The first-order chi connectivity index (χ1) is 7.42. The highest BCUT2D eigenvalue weighted by Crippen LogP contribution is 2.24. The van der Waals surface area contributed by atoms with Crippen LogP contribution in [-0.4, -0.2) is 21.6 Å². The zero-order valence-electron chi connectivity index (χ0n) is 9.95. The third-order valence-electron chi connectivity index (χ3n) is 2.46. The van der Waals surface area contributed by atoms with E-state index in [0.29, 0.717) is 0 Å². The van der Waals surface area contributed by atoms with Crippen LogP contribution in [0, 0.1) is 17.7 Å². The molecule has 0 fully saturated rings. The molecule has 0 radical (unpaired) electrons. The molecule has 0 saturated carbocycles. The Hall–Kier alpha value is -1.10. The molecule has 0 spiro atoms. The van der Waals surface area contributed by atoms with Crippen molar-refractivity contribution in [2.75, 3.05) is 5.75 Å². The molecule has 0 aliphatic carbocycles. The molecule has 16 heavy (non-hydrogen) atoms. The maximum Gasteiger partial charge on any atom is 0.187 e. The summed E-state index contributed by atoms with van der Waals surface area (Å²) < 4.78 is 0. The van der Waals surface area contributed by atoms with Gasteiger partial charge < -0.3 is 5.73 Å². The number of nitrogens with one attached hydrogen (secondary N) is 1. The van der Waals surface area contributed by atoms with Crippen LogP contribution in [0.15, 0.2) is 17.4 Å². The highest BCUT2D eigenvalue weighted by atomic mass is 32.2. The molecule has 1 aromatic rings. The average Bonchev–Trinajstić information content (AvgIpc) is 2.17. The number of thioether (sulfide) groups is 1. The fraction of sp³-hybridized carbons (Fsp3) is 0.545. The summed E-state index contributed by atoms with van der Waals surface area (Å²) in [4.78, 5) is 8.48. The van der Waals surface area contributed by atoms with Crippen molar-refractivity contribution < 1.29 is 0 Å². The van der Waals surface area contributed by atoms with Crippen LogP contribution < -0.4 is 5.73 Å². The minimum atomic E-state index is -0.239. The largest absolute Gasteiger partial charge is 0.387 e. The maximum absolute atomic E-state index is 7.45. The molecular weight excluding hydrogens is 220 g/mol. The predicted molar refractivity (Wildman–Crippen MR) is 67.8 cm³/mol. The number of rotatable bonds is 5. The topological polar surface area (TPSA) is 75.7 Å². The molecule has 0 saturated heterocycles. The van der Waals surface area contributed by atoms with Crippen LogP contribution in [0.2, 0.25) is 0 Å². The van der Waals surface area contributed by atoms with E-state index in [4.69, 9.17) is 11.1 Å². The summed E-state index contributed by atoms with van der Waals surface area (Å²) in [6.45, 7) is 5.91. The van der Waals surface area contributed by atoms with Crippen molar-refractivity contribution in [3.63, 3.8) is 0 Å². The molecule has 1 heterocycles. The number of hydrogen-bond acceptors (Lipinski definition) is 4. The van der Waals surface area contributed by atoms with E-state index in [0.717, 1.165) is 23.0 Å². The van der Waals surface area contributed by atoms with Gasteiger partial charge in [0.05, 0.1) is 5.84 Å². The van der Waals surface area contributed by atoms with Gasteiger partial charge in [-0.15, -0.1) is 0 Å². The zero-order chi connectivity index (χ0) is 12.2. The lowest BCUT2D eigenvalue weighted by Crippen LogP contribution is -2.31. The second kappa shape index (κ2) is 5.30. The second-order valence-corrected chi connectivity index (χ2v) is 5.44. The fourth-order valence-corrected chi connectivity index (χ4v) is 2.17. The van der Waals surface area contributed by atoms with Gasteiger partial charge in [0, 0.05) is 23.1 Å². The smallest absolute Gasteiger partial charge is 0.187 e. The third kappa shape index (κ3) is 3.81. The molecule has 1 aromatic heterocycles. The molecular formula is C11H18N4S. The van der Waals surface area contributed by atoms with Gasteiger partial charge in [0.25, 0.3) is 0 Å². The van der Waals surface area contributed by atoms with Crippen molar-refractivity contribution in [3.05, 3.63) is 18.0 Å². The van der Waals surface area contributed by atoms with Crippen molar-refractivity contribution in [1.29, 1.82) is 5.41 Å². The third-order valence-corrected chi connectivity index (χ3v) is 3.32. The van der Waals surface area contributed by atoms with Crippen LogP contribution in [0.1, 0.15) is 26.0 Å². The normalized spacial score (nSPS) is 11.4. The lowest BCUT2D eigenvalue weighted by Gasteiger charge is -2.22. The van der Waals surface area contributed by atoms with Crippen LogP contribution in [0.25, 0.3) is 0 Å². The molecule has 0 amide bonds. The van der Waals surface area contributed by atoms with Gasteiger partial charge in [-0.3, -0.25) is 5.41 Å². The van der Waals surface area contributed by atoms with E-state index < -0.39 is 0 Å². The first-order valence-corrected chi connectivity index (χ1v) is 6.17. The molecule has 0 bridgehead atoms. The maximum atomic E-state index is 7.45. The molecule has 1 rings (SSSR count). The molecule has 5 heteroatoms. The van der Waals surface area contributed by atoms with Crippen molar-refractivity contribution in [2.24, 2.45) is 11.1 Å². The molecule has 88 valence electrons. The molecule has 0 unspecified atom stereocenters. The van der Waals surface area contributed by atoms with E-state index in [-0.39, 0.29) is 11.3 Å². The van der Waals surface area contributed by atoms with E-state index in [9.17, 15) is 0 Å². The summed E-state index contributed by atoms with van der Waals surface area (Å²) in [5, 5.41) is 8.24. The van der Waals surface area contributed by atoms with Gasteiger partial charge in [0.15, 0.2) is 5.16 Å². The number of amidine groups is 1. The number of nitrogens with two attached hydrogens (primary N) is 1. The first kappa shape index (κ1) is 13.0. The summed E-state index contributed by atoms with van der Waals surface area (Å²) >= 11 is 1.60. The summed E-state index contributed by atoms with van der Waals surface area (Å²) in [6.07, 6.45) is 2.62. The van der Waals surface area contributed by atoms with Crippen molar-refractivity contribution >= 4 is 17.6 Å². The molecule has 0 aliphatic heterocycles. The Morgan fingerprint density at radius 2 is 2.25 bits per heavy atom. The van der Waals surface area contributed by atoms with Gasteiger partial charge in [-0.25, -0.2) is 9.97 Å². The van der Waals surface area contributed by atoms with E-state index in [1.807, 2.05) is 26.8 Å². The predicted octanol–water partition coefficient (Wildman–Crippen LogP) is 2.23. The fourth-order valence-electron chi connectivity index (χ4n) is 1.03. The highest BCUT2D eigenvalue weighted by molar-refractivity contribution is 7.99. The summed E-state index contributed by atoms with van der Waals surface area (Å²) in [7, 11) is 0. The molecule has 3 N–H and O–H groups in total. The summed E-state index contributed by atoms with van der Waals surface area (Å²) in [6, 6.07) is 1.88. The quantitative estimate of drug-likeness (QED) is 0.357. The minimum absolute atomic E-state index is 0.235. The lowest BCUT2D eigenvalue weighted by molar-refractivity contribution is 0.500. The van der Waals surface area contributed by atoms with E-state index in [1.165, 1.54) is 0 Å². The van der Waals surface area contributed by atoms with Gasteiger partial charge in [-0.1, -0.05) is 25.6 Å². The van der Waals surface area contributed by atoms with Crippen LogP contribution in [-0.2, 0) is 0 Å². The monoisotopic (exact) mass is 238 g/mol. The van der Waals surface area contributed by atoms with Crippen LogP contribution in [0.3, 0.4) is 0 Å². The van der Waals surface area contributed by atoms with Crippen molar-refractivity contribution in [2.45, 2.75) is 32.3 Å². The molecule has 0 aromatic carbocycles. The van der Waals surface area contributed by atoms with Crippen LogP contribution >= 0.6 is 11.8 Å². The Kier molecular flexibility index (Phi) is 4.29. The van der Waals surface area contributed by atoms with Gasteiger partial charge in [-0.05, 0) is 19.4 Å². The first-order valence-electron chi connectivity index (χ1n) is 5.19. The Morgan fingerprint density at radius 3 is 2.81 bits per heavy atom. The number of aryl methyl sites for hydroxylation is 1. The zero-order valence-corrected chi connectivity index (χ0v) is 10.8. The Labute approximate surface area is 101 Å². The van der Waals surface area contributed by atoms with Gasteiger partial charge in [-0.2, -0.15) is 0 Å². The Balaban J connectivity index is 2.45. The standard InChI is InChI=1S/C11H18N4S/c1-8-4-6-14-10(15-8)16-7-5-11(2,3)9(12)13/h4,6H,5,7H2,1-3H3,(H3,12,13). The van der Waals surface area contributed by atoms with Gasteiger partial charge in [0.2, 0.25) is 0 Å². The molecule has 0 atom stereocenters. The average molecular weight is 238 g/mol. The second-order valence-electron chi connectivity index (χ2n) is 4.38. The van der Waals surface area contributed by atoms with Crippen LogP contribution in [0.5, 0.6) is 0 Å². The van der Waals surface area contributed by atoms with Crippen molar-refractivity contribution in [1.82, 2.24) is 9.97 Å². The van der Waals surface area contributed by atoms with Crippen LogP contribution in [0.4, 0.5) is 0 Å². The van der Waals surface area contributed by atoms with Gasteiger partial charge in [0.1, 0.15) is 0 Å². The summed E-state index contributed by atoms with van der Waals surface area (Å²) in [5.74, 6) is 1.11.